The minimum Gasteiger partial charge on any atom is -0.412 e. The average molecular weight is 1270 g/mol. The van der Waals surface area contributed by atoms with Crippen LogP contribution in [-0.2, 0) is 172 Å². The molecule has 0 saturated heterocycles. The van der Waals surface area contributed by atoms with Gasteiger partial charge in [-0.2, -0.15) is 25.3 Å². The zero-order valence-corrected chi connectivity index (χ0v) is 52.6. The third-order valence-corrected chi connectivity index (χ3v) is 5.66. The molecule has 0 heterocycles. The maximum atomic E-state index is 7.83. The van der Waals surface area contributed by atoms with E-state index in [1.165, 1.54) is 0 Å². The topological polar surface area (TPSA) is 175 Å². The fraction of sp³-hybridized carbons (Fsp3) is 0.800. The summed E-state index contributed by atoms with van der Waals surface area (Å²) in [5, 5.41) is 17.3. The summed E-state index contributed by atoms with van der Waals surface area (Å²) in [6.07, 6.45) is 0. The van der Waals surface area contributed by atoms with Crippen LogP contribution >= 0.6 is 73.3 Å². The van der Waals surface area contributed by atoms with Gasteiger partial charge in [-0.15, -0.1) is 0 Å². The zero-order valence-electron chi connectivity index (χ0n) is 35.9. The van der Waals surface area contributed by atoms with Crippen molar-refractivity contribution in [3.8, 4) is 0 Å². The quantitative estimate of drug-likeness (QED) is 0.0924. The van der Waals surface area contributed by atoms with E-state index in [1.807, 2.05) is 0 Å². The van der Waals surface area contributed by atoms with Gasteiger partial charge >= 0.3 is 0 Å². The van der Waals surface area contributed by atoms with Gasteiger partial charge in [0.1, 0.15) is 0 Å². The van der Waals surface area contributed by atoms with E-state index < -0.39 is 0 Å². The van der Waals surface area contributed by atoms with Crippen LogP contribution in [0.15, 0.2) is 0 Å². The van der Waals surface area contributed by atoms with Crippen LogP contribution in [0, 0.1) is 35.5 Å². The monoisotopic (exact) mass is 1270 g/mol. The van der Waals surface area contributed by atoms with Gasteiger partial charge in [-0.05, 0) is 35.5 Å². The molecule has 0 aromatic rings. The van der Waals surface area contributed by atoms with Crippen LogP contribution in [-0.4, -0.2) is 90.4 Å². The average Bonchev–Trinajstić information content (AvgIpc) is 3.19. The SMILES string of the molecule is CC(C)CNC(=S)[S-].CC(C)CNC(=S)[S-].CC(C)CNC(=S)[S-].CC(C)CNC(=S)[S-].CC(C)CNC(=S)[S-].CC(C)CNC(=S)[S-].O=S.O=S.O=S.O=S.O=S.O=S.[Mo]. The van der Waals surface area contributed by atoms with Crippen LogP contribution in [0.1, 0.15) is 83.1 Å². The first-order valence-corrected chi connectivity index (χ1v) is 23.3. The normalized spacial score (nSPS) is 7.77. The Bertz CT molecular complexity index is 775. The molecule has 0 saturated carbocycles. The predicted molar refractivity (Wildman–Crippen MR) is 306 cm³/mol. The second-order valence-corrected chi connectivity index (χ2v) is 18.8. The molecule has 61 heavy (non-hydrogen) atoms. The Morgan fingerprint density at radius 1 is 0.279 bits per heavy atom. The summed E-state index contributed by atoms with van der Waals surface area (Å²) in [5.74, 6) is 3.73. The maximum Gasteiger partial charge on any atom is 0.197 e. The van der Waals surface area contributed by atoms with Gasteiger partial charge in [-0.1, -0.05) is 109 Å². The van der Waals surface area contributed by atoms with Gasteiger partial charge in [0.05, 0.1) is 0 Å². The molecule has 0 radical (unpaired) electrons. The Morgan fingerprint density at radius 3 is 0.361 bits per heavy atom. The van der Waals surface area contributed by atoms with Crippen molar-refractivity contribution in [3.63, 3.8) is 0 Å². The molecule has 366 valence electrons. The first kappa shape index (κ1) is 96.5. The van der Waals surface area contributed by atoms with Gasteiger partial charge in [-0.3, -0.25) is 0 Å². The van der Waals surface area contributed by atoms with Crippen LogP contribution in [0.2, 0.25) is 0 Å². The second kappa shape index (κ2) is 91.8. The zero-order chi connectivity index (χ0) is 51.4. The largest absolute Gasteiger partial charge is 0.412 e. The van der Waals surface area contributed by atoms with E-state index in [9.17, 15) is 0 Å². The number of rotatable bonds is 12. The van der Waals surface area contributed by atoms with Crippen LogP contribution in [0.4, 0.5) is 0 Å². The van der Waals surface area contributed by atoms with Gasteiger partial charge in [-0.25, -0.2) is 0 Å². The summed E-state index contributed by atoms with van der Waals surface area (Å²) in [7, 11) is 0. The van der Waals surface area contributed by atoms with Crippen molar-refractivity contribution in [2.24, 2.45) is 35.5 Å². The summed E-state index contributed by atoms with van der Waals surface area (Å²) < 4.78 is 49.8. The van der Waals surface area contributed by atoms with Gasteiger partial charge < -0.3 is 181 Å². The van der Waals surface area contributed by atoms with Crippen molar-refractivity contribution in [1.29, 1.82) is 0 Å². The molecule has 0 aliphatic heterocycles. The molecule has 0 fully saturated rings. The predicted octanol–water partition coefficient (Wildman–Crippen LogP) is 4.36. The molecule has 0 aliphatic rings. The molecule has 0 rings (SSSR count). The molecule has 6 N–H and O–H groups in total. The van der Waals surface area contributed by atoms with Gasteiger partial charge in [0.25, 0.3) is 0 Å². The van der Waals surface area contributed by atoms with Crippen molar-refractivity contribution in [1.82, 2.24) is 31.9 Å². The first-order chi connectivity index (χ1) is 27.8. The third-order valence-electron chi connectivity index (χ3n) is 3.93. The summed E-state index contributed by atoms with van der Waals surface area (Å²) in [6, 6.07) is 0. The molecule has 0 unspecified atom stereocenters. The van der Waals surface area contributed by atoms with E-state index in [0.717, 1.165) is 39.3 Å². The summed E-state index contributed by atoms with van der Waals surface area (Å²) in [6.45, 7) is 30.7. The maximum absolute atomic E-state index is 7.83. The Kier molecular flexibility index (Phi) is 145. The van der Waals surface area contributed by atoms with Crippen molar-refractivity contribution in [2.45, 2.75) is 83.1 Å². The first-order valence-electron chi connectivity index (χ1n) is 16.4. The molecule has 0 bridgehead atoms. The number of nitrogens with one attached hydrogen (secondary N) is 6. The molecule has 12 nitrogen and oxygen atoms in total. The van der Waals surface area contributed by atoms with Crippen molar-refractivity contribution in [2.75, 3.05) is 39.3 Å². The summed E-state index contributed by atoms with van der Waals surface area (Å²) in [5.41, 5.74) is 0. The molecule has 0 amide bonds. The second-order valence-electron chi connectivity index (χ2n) is 12.4. The van der Waals surface area contributed by atoms with E-state index in [4.69, 9.17) is 25.3 Å². The number of hydrogen-bond acceptors (Lipinski definition) is 24. The van der Waals surface area contributed by atoms with Gasteiger partial charge in [0.2, 0.25) is 0 Å². The molecule has 0 aliphatic carbocycles. The molecular weight excluding hydrogens is 1210 g/mol. The Labute approximate surface area is 480 Å². The van der Waals surface area contributed by atoms with Crippen molar-refractivity contribution < 1.29 is 46.3 Å². The van der Waals surface area contributed by atoms with E-state index >= 15 is 0 Å². The Morgan fingerprint density at radius 2 is 0.344 bits per heavy atom. The minimum absolute atomic E-state index is 0. The standard InChI is InChI=1S/6C5H11NS2.Mo.6OS/c6*1-4(2)3-6-5(7)8;;6*1-2/h6*4H,3H2,1-2H3,(H2,6,7,8);;;;;;;/p-6. The van der Waals surface area contributed by atoms with Crippen molar-refractivity contribution >= 4 is 250 Å². The smallest absolute Gasteiger partial charge is 0.197 e. The van der Waals surface area contributed by atoms with E-state index in [1.54, 1.807) is 0 Å². The fourth-order valence-electron chi connectivity index (χ4n) is 1.72. The molecular formula is C30H60MoN6O6S18-6. The van der Waals surface area contributed by atoms with Crippen LogP contribution in [0.3, 0.4) is 0 Å². The van der Waals surface area contributed by atoms with Gasteiger partial charge in [0, 0.05) is 60.3 Å². The molecule has 0 aromatic heterocycles. The Balaban J connectivity index is -0.0000000390. The van der Waals surface area contributed by atoms with Crippen LogP contribution in [0.5, 0.6) is 0 Å². The molecule has 0 spiro atoms. The molecule has 0 atom stereocenters. The van der Waals surface area contributed by atoms with E-state index in [-0.39, 0.29) is 21.1 Å². The summed E-state index contributed by atoms with van der Waals surface area (Å²) >= 11 is 72.4. The number of thiocarbonyl (C=S) groups is 6. The minimum atomic E-state index is 0. The summed E-state index contributed by atoms with van der Waals surface area (Å²) in [4.78, 5) is 0. The number of hydrogen-bond donors (Lipinski definition) is 6. The fourth-order valence-corrected chi connectivity index (χ4v) is 2.72. The van der Waals surface area contributed by atoms with Crippen molar-refractivity contribution in [3.05, 3.63) is 0 Å². The van der Waals surface area contributed by atoms with Crippen LogP contribution in [0.25, 0.3) is 0 Å². The van der Waals surface area contributed by atoms with E-state index in [0.29, 0.717) is 61.4 Å². The third kappa shape index (κ3) is 220. The van der Waals surface area contributed by atoms with Gasteiger partial charge in [0.15, 0.2) is 75.2 Å². The van der Waals surface area contributed by atoms with Crippen LogP contribution < -0.4 is 31.9 Å². The Hall–Kier alpha value is 1.47. The molecule has 0 aromatic carbocycles. The van der Waals surface area contributed by atoms with E-state index in [2.05, 4.69) is 339 Å². The molecule has 31 heteroatoms.